The lowest BCUT2D eigenvalue weighted by molar-refractivity contribution is -0.121. The molecule has 0 spiro atoms. The smallest absolute Gasteiger partial charge is 0.227 e. The Labute approximate surface area is 122 Å². The summed E-state index contributed by atoms with van der Waals surface area (Å²) in [5.41, 5.74) is 2.30. The maximum atomic E-state index is 12.4. The van der Waals surface area contributed by atoms with Crippen LogP contribution >= 0.6 is 0 Å². The van der Waals surface area contributed by atoms with Crippen LogP contribution in [0.5, 0.6) is 0 Å². The highest BCUT2D eigenvalue weighted by molar-refractivity contribution is 5.93. The average molecular weight is 271 g/mol. The summed E-state index contributed by atoms with van der Waals surface area (Å²) in [4.78, 5) is 12.4. The second-order valence-electron chi connectivity index (χ2n) is 6.70. The van der Waals surface area contributed by atoms with Crippen molar-refractivity contribution in [2.24, 2.45) is 17.8 Å². The van der Waals surface area contributed by atoms with E-state index in [-0.39, 0.29) is 11.8 Å². The molecule has 0 unspecified atom stereocenters. The van der Waals surface area contributed by atoms with Gasteiger partial charge in [-0.05, 0) is 61.1 Å². The summed E-state index contributed by atoms with van der Waals surface area (Å²) in [6.07, 6.45) is 6.15. The summed E-state index contributed by atoms with van der Waals surface area (Å²) in [7, 11) is 0. The largest absolute Gasteiger partial charge is 0.326 e. The molecule has 1 N–H and O–H groups in total. The van der Waals surface area contributed by atoms with Gasteiger partial charge in [-0.15, -0.1) is 0 Å². The van der Waals surface area contributed by atoms with Gasteiger partial charge in [-0.2, -0.15) is 0 Å². The Morgan fingerprint density at radius 1 is 1.25 bits per heavy atom. The van der Waals surface area contributed by atoms with Gasteiger partial charge in [0.2, 0.25) is 5.91 Å². The van der Waals surface area contributed by atoms with Crippen molar-refractivity contribution in [2.75, 3.05) is 5.32 Å². The van der Waals surface area contributed by atoms with Crippen LogP contribution in [-0.4, -0.2) is 5.91 Å². The van der Waals surface area contributed by atoms with E-state index in [1.165, 1.54) is 24.8 Å². The van der Waals surface area contributed by atoms with E-state index in [1.54, 1.807) is 0 Å². The third-order valence-electron chi connectivity index (χ3n) is 5.43. The van der Waals surface area contributed by atoms with Crippen molar-refractivity contribution in [1.82, 2.24) is 0 Å². The fourth-order valence-corrected chi connectivity index (χ4v) is 3.93. The number of carbonyl (C=O) groups is 1. The molecule has 1 aromatic carbocycles. The number of hydrogen-bond acceptors (Lipinski definition) is 1. The lowest BCUT2D eigenvalue weighted by Crippen LogP contribution is -2.27. The molecule has 108 valence electrons. The highest BCUT2D eigenvalue weighted by Crippen LogP contribution is 2.48. The summed E-state index contributed by atoms with van der Waals surface area (Å²) in [6.45, 7) is 4.44. The van der Waals surface area contributed by atoms with E-state index in [9.17, 15) is 4.79 Å². The van der Waals surface area contributed by atoms with Gasteiger partial charge in [-0.3, -0.25) is 4.79 Å². The van der Waals surface area contributed by atoms with Crippen LogP contribution in [0.4, 0.5) is 5.69 Å². The molecule has 2 fully saturated rings. The zero-order valence-corrected chi connectivity index (χ0v) is 12.6. The number of benzene rings is 1. The van der Waals surface area contributed by atoms with Crippen LogP contribution in [0.2, 0.25) is 0 Å². The molecule has 1 aromatic rings. The second-order valence-corrected chi connectivity index (χ2v) is 6.70. The molecule has 2 aliphatic carbocycles. The Morgan fingerprint density at radius 2 is 2.00 bits per heavy atom. The zero-order chi connectivity index (χ0) is 14.1. The molecule has 3 rings (SSSR count). The van der Waals surface area contributed by atoms with Gasteiger partial charge in [0, 0.05) is 11.6 Å². The van der Waals surface area contributed by atoms with Gasteiger partial charge in [0.05, 0.1) is 0 Å². The first-order valence-corrected chi connectivity index (χ1v) is 8.08. The molecule has 0 heterocycles. The van der Waals surface area contributed by atoms with Crippen molar-refractivity contribution < 1.29 is 4.79 Å². The summed E-state index contributed by atoms with van der Waals surface area (Å²) in [6, 6.07) is 8.38. The minimum absolute atomic E-state index is 0.244. The summed E-state index contributed by atoms with van der Waals surface area (Å²) < 4.78 is 0. The van der Waals surface area contributed by atoms with Crippen LogP contribution in [0, 0.1) is 17.8 Å². The topological polar surface area (TPSA) is 29.1 Å². The second kappa shape index (κ2) is 5.59. The molecule has 2 bridgehead atoms. The Bertz CT molecular complexity index is 479. The van der Waals surface area contributed by atoms with Crippen molar-refractivity contribution in [3.63, 3.8) is 0 Å². The van der Waals surface area contributed by atoms with Gasteiger partial charge in [0.1, 0.15) is 0 Å². The molecule has 2 heteroatoms. The number of anilines is 1. The number of fused-ring (bicyclic) bond motifs is 2. The lowest BCUT2D eigenvalue weighted by Gasteiger charge is -2.21. The third-order valence-corrected chi connectivity index (χ3v) is 5.43. The summed E-state index contributed by atoms with van der Waals surface area (Å²) in [5, 5.41) is 3.11. The predicted molar refractivity (Wildman–Crippen MR) is 82.7 cm³/mol. The molecule has 2 nitrogen and oxygen atoms in total. The Kier molecular flexibility index (Phi) is 3.82. The predicted octanol–water partition coefficient (Wildman–Crippen LogP) is 4.57. The SMILES string of the molecule is CC[C@@H](C)c1ccc(NC(=O)[C@H]2C[C@@H]3CC[C@@H]2C3)cc1. The fraction of sp³-hybridized carbons (Fsp3) is 0.611. The fourth-order valence-electron chi connectivity index (χ4n) is 3.93. The quantitative estimate of drug-likeness (QED) is 0.853. The number of rotatable bonds is 4. The number of carbonyl (C=O) groups excluding carboxylic acids is 1. The molecule has 2 saturated carbocycles. The van der Waals surface area contributed by atoms with Crippen molar-refractivity contribution in [3.8, 4) is 0 Å². The molecular weight excluding hydrogens is 246 g/mol. The van der Waals surface area contributed by atoms with Crippen molar-refractivity contribution in [1.29, 1.82) is 0 Å². The van der Waals surface area contributed by atoms with E-state index in [0.717, 1.165) is 24.4 Å². The Balaban J connectivity index is 1.61. The minimum atomic E-state index is 0.244. The van der Waals surface area contributed by atoms with Crippen LogP contribution in [-0.2, 0) is 4.79 Å². The maximum absolute atomic E-state index is 12.4. The molecule has 4 atom stereocenters. The minimum Gasteiger partial charge on any atom is -0.326 e. The molecular formula is C18H25NO. The van der Waals surface area contributed by atoms with E-state index in [2.05, 4.69) is 31.3 Å². The van der Waals surface area contributed by atoms with E-state index in [4.69, 9.17) is 0 Å². The van der Waals surface area contributed by atoms with E-state index < -0.39 is 0 Å². The van der Waals surface area contributed by atoms with Gasteiger partial charge >= 0.3 is 0 Å². The van der Waals surface area contributed by atoms with Crippen LogP contribution in [0.1, 0.15) is 57.4 Å². The lowest BCUT2D eigenvalue weighted by atomic mass is 9.88. The molecule has 0 aromatic heterocycles. The van der Waals surface area contributed by atoms with Crippen molar-refractivity contribution >= 4 is 11.6 Å². The number of amides is 1. The van der Waals surface area contributed by atoms with Crippen molar-refractivity contribution in [3.05, 3.63) is 29.8 Å². The normalized spacial score (nSPS) is 29.4. The molecule has 2 aliphatic rings. The molecule has 0 saturated heterocycles. The molecule has 0 aliphatic heterocycles. The first-order valence-electron chi connectivity index (χ1n) is 8.08. The van der Waals surface area contributed by atoms with Gasteiger partial charge < -0.3 is 5.32 Å². The average Bonchev–Trinajstić information content (AvgIpc) is 3.10. The number of hydrogen-bond donors (Lipinski definition) is 1. The first kappa shape index (κ1) is 13.7. The van der Waals surface area contributed by atoms with Crippen LogP contribution < -0.4 is 5.32 Å². The van der Waals surface area contributed by atoms with Crippen molar-refractivity contribution in [2.45, 2.75) is 51.9 Å². The highest BCUT2D eigenvalue weighted by Gasteiger charge is 2.42. The first-order chi connectivity index (χ1) is 9.67. The van der Waals surface area contributed by atoms with Gasteiger partial charge in [-0.25, -0.2) is 0 Å². The van der Waals surface area contributed by atoms with E-state index in [0.29, 0.717) is 11.8 Å². The third kappa shape index (κ3) is 2.61. The molecule has 1 amide bonds. The van der Waals surface area contributed by atoms with Crippen LogP contribution in [0.3, 0.4) is 0 Å². The zero-order valence-electron chi connectivity index (χ0n) is 12.6. The van der Waals surface area contributed by atoms with E-state index >= 15 is 0 Å². The van der Waals surface area contributed by atoms with Crippen LogP contribution in [0.15, 0.2) is 24.3 Å². The standard InChI is InChI=1S/C18H25NO/c1-3-12(2)14-6-8-16(9-7-14)19-18(20)17-11-13-4-5-15(17)10-13/h6-9,12-13,15,17H,3-5,10-11H2,1-2H3,(H,19,20)/t12-,13-,15-,17+/m1/s1. The summed E-state index contributed by atoms with van der Waals surface area (Å²) in [5.74, 6) is 2.57. The molecule has 20 heavy (non-hydrogen) atoms. The monoisotopic (exact) mass is 271 g/mol. The maximum Gasteiger partial charge on any atom is 0.227 e. The van der Waals surface area contributed by atoms with Gasteiger partial charge in [-0.1, -0.05) is 32.4 Å². The number of nitrogens with one attached hydrogen (secondary N) is 1. The highest BCUT2D eigenvalue weighted by atomic mass is 16.1. The van der Waals surface area contributed by atoms with E-state index in [1.807, 2.05) is 12.1 Å². The summed E-state index contributed by atoms with van der Waals surface area (Å²) >= 11 is 0. The molecule has 0 radical (unpaired) electrons. The van der Waals surface area contributed by atoms with Gasteiger partial charge in [0.25, 0.3) is 0 Å². The van der Waals surface area contributed by atoms with Gasteiger partial charge in [0.15, 0.2) is 0 Å². The van der Waals surface area contributed by atoms with Crippen LogP contribution in [0.25, 0.3) is 0 Å². The Hall–Kier alpha value is -1.31. The Morgan fingerprint density at radius 3 is 2.55 bits per heavy atom.